The molecule has 1 N–H and O–H groups in total. The number of methoxy groups -OCH3 is 2. The van der Waals surface area contributed by atoms with Gasteiger partial charge in [-0.25, -0.2) is 0 Å². The van der Waals surface area contributed by atoms with Crippen LogP contribution in [0.4, 0.5) is 0 Å². The van der Waals surface area contributed by atoms with Crippen LogP contribution in [0, 0.1) is 5.92 Å². The Balaban J connectivity index is 4.15. The Bertz CT molecular complexity index is 204. The number of carbonyl (C=O) groups is 1. The molecule has 0 rings (SSSR count). The minimum Gasteiger partial charge on any atom is -0.382 e. The van der Waals surface area contributed by atoms with Crippen LogP contribution in [0.1, 0.15) is 33.6 Å². The van der Waals surface area contributed by atoms with Crippen LogP contribution in [0.25, 0.3) is 0 Å². The molecule has 0 aliphatic carbocycles. The van der Waals surface area contributed by atoms with E-state index < -0.39 is 5.60 Å². The van der Waals surface area contributed by atoms with Crippen molar-refractivity contribution in [2.75, 3.05) is 27.4 Å². The number of carbonyl (C=O) groups excluding carboxylic acids is 1. The van der Waals surface area contributed by atoms with Crippen molar-refractivity contribution < 1.29 is 14.3 Å². The Morgan fingerprint density at radius 3 is 2.25 bits per heavy atom. The van der Waals surface area contributed by atoms with Gasteiger partial charge in [-0.1, -0.05) is 13.8 Å². The Morgan fingerprint density at radius 1 is 1.31 bits per heavy atom. The summed E-state index contributed by atoms with van der Waals surface area (Å²) < 4.78 is 10.4. The van der Waals surface area contributed by atoms with Crippen LogP contribution >= 0.6 is 0 Å². The molecule has 0 spiro atoms. The first-order valence-corrected chi connectivity index (χ1v) is 5.84. The lowest BCUT2D eigenvalue weighted by atomic mass is 10.0. The number of nitrogens with one attached hydrogen (secondary N) is 1. The van der Waals surface area contributed by atoms with E-state index in [2.05, 4.69) is 5.32 Å². The van der Waals surface area contributed by atoms with Crippen LogP contribution in [0.15, 0.2) is 0 Å². The Hall–Kier alpha value is -0.610. The van der Waals surface area contributed by atoms with Gasteiger partial charge in [0.1, 0.15) is 5.60 Å². The minimum absolute atomic E-state index is 0.101. The molecule has 0 bridgehead atoms. The summed E-state index contributed by atoms with van der Waals surface area (Å²) in [5, 5.41) is 2.92. The third-order valence-electron chi connectivity index (χ3n) is 2.94. The van der Waals surface area contributed by atoms with Gasteiger partial charge in [0, 0.05) is 26.7 Å². The van der Waals surface area contributed by atoms with Crippen molar-refractivity contribution in [3.8, 4) is 0 Å². The zero-order valence-corrected chi connectivity index (χ0v) is 11.1. The largest absolute Gasteiger partial charge is 0.382 e. The van der Waals surface area contributed by atoms with Gasteiger partial charge in [0.2, 0.25) is 5.91 Å². The van der Waals surface area contributed by atoms with E-state index in [1.54, 1.807) is 14.2 Å². The summed E-state index contributed by atoms with van der Waals surface area (Å²) in [6.07, 6.45) is 1.74. The topological polar surface area (TPSA) is 47.6 Å². The van der Waals surface area contributed by atoms with Crippen LogP contribution < -0.4 is 5.32 Å². The summed E-state index contributed by atoms with van der Waals surface area (Å²) >= 11 is 0. The van der Waals surface area contributed by atoms with E-state index in [9.17, 15) is 4.79 Å². The predicted molar refractivity (Wildman–Crippen MR) is 64.4 cm³/mol. The van der Waals surface area contributed by atoms with E-state index in [1.807, 2.05) is 20.8 Å². The van der Waals surface area contributed by atoms with Crippen LogP contribution in [-0.2, 0) is 14.3 Å². The Morgan fingerprint density at radius 2 is 1.88 bits per heavy atom. The monoisotopic (exact) mass is 231 g/mol. The molecule has 0 fully saturated rings. The van der Waals surface area contributed by atoms with Gasteiger partial charge in [-0.2, -0.15) is 0 Å². The van der Waals surface area contributed by atoms with E-state index in [-0.39, 0.29) is 11.8 Å². The van der Waals surface area contributed by atoms with Gasteiger partial charge in [0.15, 0.2) is 0 Å². The number of rotatable bonds is 8. The number of amides is 1. The fourth-order valence-electron chi connectivity index (χ4n) is 1.57. The van der Waals surface area contributed by atoms with Gasteiger partial charge < -0.3 is 14.8 Å². The third kappa shape index (κ3) is 4.94. The van der Waals surface area contributed by atoms with E-state index in [1.165, 1.54) is 0 Å². The lowest BCUT2D eigenvalue weighted by Gasteiger charge is -2.28. The van der Waals surface area contributed by atoms with Crippen molar-refractivity contribution >= 4 is 5.91 Å². The number of hydrogen-bond donors (Lipinski definition) is 1. The molecular formula is C12H25NO3. The van der Waals surface area contributed by atoms with Gasteiger partial charge in [0.05, 0.1) is 6.61 Å². The maximum Gasteiger partial charge on any atom is 0.223 e. The van der Waals surface area contributed by atoms with Gasteiger partial charge in [-0.15, -0.1) is 0 Å². The highest BCUT2D eigenvalue weighted by molar-refractivity contribution is 5.78. The molecule has 16 heavy (non-hydrogen) atoms. The predicted octanol–water partition coefficient (Wildman–Crippen LogP) is 1.59. The molecule has 0 aliphatic heterocycles. The summed E-state index contributed by atoms with van der Waals surface area (Å²) in [5.41, 5.74) is -0.448. The normalized spacial score (nSPS) is 14.9. The molecule has 4 nitrogen and oxygen atoms in total. The van der Waals surface area contributed by atoms with Gasteiger partial charge in [0.25, 0.3) is 0 Å². The second kappa shape index (κ2) is 7.63. The SMILES string of the molecule is CCC(CC)C(=O)NC[C@@](C)(COC)OC. The average molecular weight is 231 g/mol. The van der Waals surface area contributed by atoms with Crippen molar-refractivity contribution in [1.29, 1.82) is 0 Å². The van der Waals surface area contributed by atoms with Crippen molar-refractivity contribution in [3.05, 3.63) is 0 Å². The molecule has 0 aromatic carbocycles. The summed E-state index contributed by atoms with van der Waals surface area (Å²) in [6, 6.07) is 0. The highest BCUT2D eigenvalue weighted by atomic mass is 16.5. The molecule has 0 saturated carbocycles. The first kappa shape index (κ1) is 15.4. The highest BCUT2D eigenvalue weighted by Gasteiger charge is 2.25. The molecule has 0 unspecified atom stereocenters. The van der Waals surface area contributed by atoms with E-state index >= 15 is 0 Å². The zero-order valence-electron chi connectivity index (χ0n) is 11.1. The lowest BCUT2D eigenvalue weighted by Crippen LogP contribution is -2.46. The second-order valence-corrected chi connectivity index (χ2v) is 4.32. The molecule has 1 amide bonds. The summed E-state index contributed by atoms with van der Waals surface area (Å²) in [4.78, 5) is 11.8. The number of hydrogen-bond acceptors (Lipinski definition) is 3. The Labute approximate surface area is 98.7 Å². The maximum atomic E-state index is 11.8. The molecule has 96 valence electrons. The highest BCUT2D eigenvalue weighted by Crippen LogP contribution is 2.10. The molecule has 0 saturated heterocycles. The molecule has 0 heterocycles. The summed E-state index contributed by atoms with van der Waals surface area (Å²) in [7, 11) is 3.25. The van der Waals surface area contributed by atoms with Crippen LogP contribution in [-0.4, -0.2) is 38.9 Å². The lowest BCUT2D eigenvalue weighted by molar-refractivity contribution is -0.127. The Kier molecular flexibility index (Phi) is 7.34. The molecule has 0 radical (unpaired) electrons. The van der Waals surface area contributed by atoms with Crippen molar-refractivity contribution in [2.24, 2.45) is 5.92 Å². The minimum atomic E-state index is -0.448. The van der Waals surface area contributed by atoms with Crippen molar-refractivity contribution in [2.45, 2.75) is 39.2 Å². The van der Waals surface area contributed by atoms with Crippen LogP contribution in [0.3, 0.4) is 0 Å². The molecule has 0 aliphatic rings. The maximum absolute atomic E-state index is 11.8. The van der Waals surface area contributed by atoms with Crippen LogP contribution in [0.5, 0.6) is 0 Å². The second-order valence-electron chi connectivity index (χ2n) is 4.32. The first-order chi connectivity index (χ1) is 7.52. The van der Waals surface area contributed by atoms with E-state index in [0.29, 0.717) is 13.2 Å². The molecule has 0 aromatic rings. The average Bonchev–Trinajstić information content (AvgIpc) is 2.28. The molecule has 4 heteroatoms. The molecule has 0 aromatic heterocycles. The van der Waals surface area contributed by atoms with Crippen molar-refractivity contribution in [1.82, 2.24) is 5.32 Å². The summed E-state index contributed by atoms with van der Waals surface area (Å²) in [5.74, 6) is 0.202. The van der Waals surface area contributed by atoms with Gasteiger partial charge in [-0.05, 0) is 19.8 Å². The number of ether oxygens (including phenoxy) is 2. The standard InChI is InChI=1S/C12H25NO3/c1-6-10(7-2)11(14)13-8-12(3,16-5)9-15-4/h10H,6-9H2,1-5H3,(H,13,14)/t12-/m0/s1. The molecule has 1 atom stereocenters. The third-order valence-corrected chi connectivity index (χ3v) is 2.94. The van der Waals surface area contributed by atoms with Gasteiger partial charge in [-0.3, -0.25) is 4.79 Å². The zero-order chi connectivity index (χ0) is 12.6. The smallest absolute Gasteiger partial charge is 0.223 e. The van der Waals surface area contributed by atoms with Crippen LogP contribution in [0.2, 0.25) is 0 Å². The quantitative estimate of drug-likeness (QED) is 0.690. The molecular weight excluding hydrogens is 206 g/mol. The first-order valence-electron chi connectivity index (χ1n) is 5.84. The fourth-order valence-corrected chi connectivity index (χ4v) is 1.57. The summed E-state index contributed by atoms with van der Waals surface area (Å²) in [6.45, 7) is 6.92. The van der Waals surface area contributed by atoms with E-state index in [4.69, 9.17) is 9.47 Å². The van der Waals surface area contributed by atoms with E-state index in [0.717, 1.165) is 12.8 Å². The van der Waals surface area contributed by atoms with Gasteiger partial charge >= 0.3 is 0 Å². The van der Waals surface area contributed by atoms with Crippen molar-refractivity contribution in [3.63, 3.8) is 0 Å². The fraction of sp³-hybridized carbons (Fsp3) is 0.917.